The van der Waals surface area contributed by atoms with Crippen LogP contribution in [0.3, 0.4) is 0 Å². The minimum absolute atomic E-state index is 0.0517. The first-order valence-electron chi connectivity index (χ1n) is 6.21. The van der Waals surface area contributed by atoms with Gasteiger partial charge in [-0.3, -0.25) is 4.79 Å². The van der Waals surface area contributed by atoms with Gasteiger partial charge in [-0.15, -0.1) is 0 Å². The van der Waals surface area contributed by atoms with E-state index in [1.165, 1.54) is 12.5 Å². The molecule has 2 aliphatic rings. The number of hydrogen-bond donors (Lipinski definition) is 1. The molecule has 2 aliphatic heterocycles. The predicted octanol–water partition coefficient (Wildman–Crippen LogP) is 2.46. The average molecular weight is 233 g/mol. The SMILES string of the molecule is Cc1ccc(C(=O)C2CC3CCC2N3)cc1F. The highest BCUT2D eigenvalue weighted by Crippen LogP contribution is 2.35. The zero-order valence-corrected chi connectivity index (χ0v) is 9.87. The molecule has 90 valence electrons. The molecule has 2 saturated heterocycles. The van der Waals surface area contributed by atoms with Crippen LogP contribution in [0.15, 0.2) is 18.2 Å². The van der Waals surface area contributed by atoms with Gasteiger partial charge in [0.15, 0.2) is 5.78 Å². The minimum Gasteiger partial charge on any atom is -0.310 e. The van der Waals surface area contributed by atoms with Gasteiger partial charge in [0.1, 0.15) is 5.82 Å². The molecule has 1 aromatic rings. The summed E-state index contributed by atoms with van der Waals surface area (Å²) in [6, 6.07) is 5.63. The number of carbonyl (C=O) groups is 1. The summed E-state index contributed by atoms with van der Waals surface area (Å²) in [6.45, 7) is 1.71. The van der Waals surface area contributed by atoms with Gasteiger partial charge in [-0.05, 0) is 37.8 Å². The van der Waals surface area contributed by atoms with Gasteiger partial charge in [-0.1, -0.05) is 12.1 Å². The summed E-state index contributed by atoms with van der Waals surface area (Å²) in [5, 5.41) is 3.44. The van der Waals surface area contributed by atoms with E-state index in [2.05, 4.69) is 5.32 Å². The van der Waals surface area contributed by atoms with Gasteiger partial charge in [-0.2, -0.15) is 0 Å². The van der Waals surface area contributed by atoms with Crippen molar-refractivity contribution in [3.05, 3.63) is 35.1 Å². The van der Waals surface area contributed by atoms with Crippen LogP contribution in [0.1, 0.15) is 35.2 Å². The number of aryl methyl sites for hydroxylation is 1. The molecule has 1 N–H and O–H groups in total. The number of halogens is 1. The molecule has 17 heavy (non-hydrogen) atoms. The maximum Gasteiger partial charge on any atom is 0.167 e. The van der Waals surface area contributed by atoms with Gasteiger partial charge in [0.2, 0.25) is 0 Å². The topological polar surface area (TPSA) is 29.1 Å². The van der Waals surface area contributed by atoms with Crippen LogP contribution in [0.4, 0.5) is 4.39 Å². The highest BCUT2D eigenvalue weighted by atomic mass is 19.1. The number of ketones is 1. The van der Waals surface area contributed by atoms with Gasteiger partial charge in [0.05, 0.1) is 0 Å². The summed E-state index contributed by atoms with van der Waals surface area (Å²) < 4.78 is 13.4. The van der Waals surface area contributed by atoms with Gasteiger partial charge in [-0.25, -0.2) is 4.39 Å². The molecule has 0 spiro atoms. The first-order valence-corrected chi connectivity index (χ1v) is 6.21. The Labute approximate surface area is 100 Å². The molecular formula is C14H16FNO. The molecule has 0 aromatic heterocycles. The smallest absolute Gasteiger partial charge is 0.167 e. The van der Waals surface area contributed by atoms with E-state index in [4.69, 9.17) is 0 Å². The van der Waals surface area contributed by atoms with Gasteiger partial charge in [0, 0.05) is 23.6 Å². The van der Waals surface area contributed by atoms with Crippen molar-refractivity contribution in [1.29, 1.82) is 0 Å². The number of fused-ring (bicyclic) bond motifs is 2. The van der Waals surface area contributed by atoms with Gasteiger partial charge >= 0.3 is 0 Å². The Morgan fingerprint density at radius 2 is 2.24 bits per heavy atom. The Balaban J connectivity index is 1.84. The van der Waals surface area contributed by atoms with E-state index >= 15 is 0 Å². The monoisotopic (exact) mass is 233 g/mol. The van der Waals surface area contributed by atoms with Crippen molar-refractivity contribution in [3.8, 4) is 0 Å². The second kappa shape index (κ2) is 3.91. The van der Waals surface area contributed by atoms with Crippen LogP contribution in [-0.4, -0.2) is 17.9 Å². The van der Waals surface area contributed by atoms with Crippen LogP contribution in [0.25, 0.3) is 0 Å². The molecule has 3 heteroatoms. The van der Waals surface area contributed by atoms with Crippen molar-refractivity contribution >= 4 is 5.78 Å². The maximum absolute atomic E-state index is 13.4. The molecule has 3 rings (SSSR count). The van der Waals surface area contributed by atoms with E-state index in [0.29, 0.717) is 23.2 Å². The lowest BCUT2D eigenvalue weighted by Crippen LogP contribution is -2.28. The van der Waals surface area contributed by atoms with Crippen LogP contribution in [0.5, 0.6) is 0 Å². The minimum atomic E-state index is -0.285. The van der Waals surface area contributed by atoms with Crippen molar-refractivity contribution in [1.82, 2.24) is 5.32 Å². The third kappa shape index (κ3) is 1.78. The van der Waals surface area contributed by atoms with Crippen molar-refractivity contribution < 1.29 is 9.18 Å². The normalized spacial score (nSPS) is 30.8. The van der Waals surface area contributed by atoms with E-state index in [1.807, 2.05) is 0 Å². The van der Waals surface area contributed by atoms with Crippen molar-refractivity contribution in [2.75, 3.05) is 0 Å². The Hall–Kier alpha value is -1.22. The zero-order valence-electron chi connectivity index (χ0n) is 9.87. The summed E-state index contributed by atoms with van der Waals surface area (Å²) in [4.78, 5) is 12.3. The molecule has 2 nitrogen and oxygen atoms in total. The maximum atomic E-state index is 13.4. The number of carbonyl (C=O) groups excluding carboxylic acids is 1. The van der Waals surface area contributed by atoms with Gasteiger partial charge in [0.25, 0.3) is 0 Å². The van der Waals surface area contributed by atoms with Crippen molar-refractivity contribution in [3.63, 3.8) is 0 Å². The zero-order chi connectivity index (χ0) is 12.0. The number of rotatable bonds is 2. The Morgan fingerprint density at radius 3 is 2.82 bits per heavy atom. The van der Waals surface area contributed by atoms with E-state index in [0.717, 1.165) is 12.8 Å². The van der Waals surface area contributed by atoms with E-state index in [-0.39, 0.29) is 17.5 Å². The van der Waals surface area contributed by atoms with Crippen LogP contribution in [-0.2, 0) is 0 Å². The first-order chi connectivity index (χ1) is 8.15. The first kappa shape index (κ1) is 10.9. The number of nitrogens with one attached hydrogen (secondary N) is 1. The fourth-order valence-corrected chi connectivity index (χ4v) is 3.07. The molecule has 1 aromatic carbocycles. The fraction of sp³-hybridized carbons (Fsp3) is 0.500. The molecule has 2 bridgehead atoms. The van der Waals surface area contributed by atoms with Crippen LogP contribution < -0.4 is 5.32 Å². The van der Waals surface area contributed by atoms with Crippen LogP contribution >= 0.6 is 0 Å². The largest absolute Gasteiger partial charge is 0.310 e. The second-order valence-electron chi connectivity index (χ2n) is 5.22. The van der Waals surface area contributed by atoms with Crippen molar-refractivity contribution in [2.45, 2.75) is 38.3 Å². The van der Waals surface area contributed by atoms with E-state index in [1.54, 1.807) is 19.1 Å². The number of hydrogen-bond acceptors (Lipinski definition) is 2. The quantitative estimate of drug-likeness (QED) is 0.795. The summed E-state index contributed by atoms with van der Waals surface area (Å²) in [6.07, 6.45) is 3.17. The lowest BCUT2D eigenvalue weighted by atomic mass is 9.83. The Morgan fingerprint density at radius 1 is 1.41 bits per heavy atom. The van der Waals surface area contributed by atoms with E-state index in [9.17, 15) is 9.18 Å². The summed E-state index contributed by atoms with van der Waals surface area (Å²) in [5.41, 5.74) is 1.11. The summed E-state index contributed by atoms with van der Waals surface area (Å²) >= 11 is 0. The Bertz CT molecular complexity index is 471. The number of Topliss-reactive ketones (excluding diaryl/α,β-unsaturated/α-hetero) is 1. The lowest BCUT2D eigenvalue weighted by Gasteiger charge is -2.18. The van der Waals surface area contributed by atoms with Gasteiger partial charge < -0.3 is 5.32 Å². The standard InChI is InChI=1S/C14H16FNO/c1-8-2-3-9(6-12(8)15)14(17)11-7-10-4-5-13(11)16-10/h2-3,6,10-11,13,16H,4-5,7H2,1H3. The Kier molecular flexibility index (Phi) is 2.51. The molecular weight excluding hydrogens is 217 g/mol. The fourth-order valence-electron chi connectivity index (χ4n) is 3.07. The summed E-state index contributed by atoms with van der Waals surface area (Å²) in [5.74, 6) is -0.133. The summed E-state index contributed by atoms with van der Waals surface area (Å²) in [7, 11) is 0. The second-order valence-corrected chi connectivity index (χ2v) is 5.22. The lowest BCUT2D eigenvalue weighted by molar-refractivity contribution is 0.0900. The molecule has 3 unspecified atom stereocenters. The van der Waals surface area contributed by atoms with Crippen LogP contribution in [0.2, 0.25) is 0 Å². The predicted molar refractivity (Wildman–Crippen MR) is 63.5 cm³/mol. The third-order valence-electron chi connectivity index (χ3n) is 4.09. The molecule has 3 atom stereocenters. The van der Waals surface area contributed by atoms with Crippen LogP contribution in [0, 0.1) is 18.7 Å². The molecule has 2 heterocycles. The molecule has 2 fully saturated rings. The molecule has 0 saturated carbocycles. The molecule has 0 amide bonds. The van der Waals surface area contributed by atoms with Crippen molar-refractivity contribution in [2.24, 2.45) is 5.92 Å². The molecule has 0 aliphatic carbocycles. The average Bonchev–Trinajstić information content (AvgIpc) is 2.93. The highest BCUT2D eigenvalue weighted by Gasteiger charge is 2.42. The highest BCUT2D eigenvalue weighted by molar-refractivity contribution is 5.98. The van der Waals surface area contributed by atoms with E-state index < -0.39 is 0 Å². The third-order valence-corrected chi connectivity index (χ3v) is 4.09. The number of benzene rings is 1. The molecule has 0 radical (unpaired) electrons.